The number of carbonyl (C=O) groups excluding carboxylic acids is 1. The van der Waals surface area contributed by atoms with Gasteiger partial charge in [-0.2, -0.15) is 0 Å². The highest BCUT2D eigenvalue weighted by molar-refractivity contribution is 5.82. The van der Waals surface area contributed by atoms with Gasteiger partial charge in [-0.15, -0.1) is 0 Å². The Hall–Kier alpha value is -1.71. The normalized spacial score (nSPS) is 9.69. The molecule has 1 aromatic rings. The highest BCUT2D eigenvalue weighted by Crippen LogP contribution is 2.21. The summed E-state index contributed by atoms with van der Waals surface area (Å²) in [6, 6.07) is 2.86. The van der Waals surface area contributed by atoms with E-state index in [0.29, 0.717) is 0 Å². The van der Waals surface area contributed by atoms with E-state index in [-0.39, 0.29) is 11.3 Å². The van der Waals surface area contributed by atoms with E-state index in [0.717, 1.165) is 11.1 Å². The summed E-state index contributed by atoms with van der Waals surface area (Å²) in [4.78, 5) is 20.3. The Morgan fingerprint density at radius 2 is 1.85 bits per heavy atom. The van der Waals surface area contributed by atoms with Gasteiger partial charge < -0.3 is 0 Å². The topological polar surface area (TPSA) is 60.2 Å². The summed E-state index contributed by atoms with van der Waals surface area (Å²) in [5.74, 6) is 0. The fourth-order valence-electron chi connectivity index (χ4n) is 1.03. The van der Waals surface area contributed by atoms with Crippen molar-refractivity contribution in [2.45, 2.75) is 13.8 Å². The third-order valence-electron chi connectivity index (χ3n) is 1.92. The molecular weight excluding hydrogens is 170 g/mol. The smallest absolute Gasteiger partial charge is 0.280 e. The average molecular weight is 178 g/mol. The van der Waals surface area contributed by atoms with Crippen LogP contribution in [0.25, 0.3) is 0 Å². The monoisotopic (exact) mass is 178 g/mol. The average Bonchev–Trinajstić information content (AvgIpc) is 2.08. The first-order chi connectivity index (χ1) is 6.06. The van der Waals surface area contributed by atoms with Gasteiger partial charge in [0.05, 0.1) is 4.92 Å². The second-order valence-electron chi connectivity index (χ2n) is 2.81. The molecule has 0 saturated heterocycles. The molecule has 0 heterocycles. The van der Waals surface area contributed by atoms with E-state index < -0.39 is 4.92 Å². The maximum Gasteiger partial charge on any atom is 0.280 e. The molecule has 0 unspecified atom stereocenters. The molecule has 1 aromatic carbocycles. The van der Waals surface area contributed by atoms with Crippen LogP contribution in [-0.2, 0) is 4.79 Å². The van der Waals surface area contributed by atoms with E-state index >= 15 is 0 Å². The molecule has 0 aliphatic heterocycles. The molecule has 13 heavy (non-hydrogen) atoms. The highest BCUT2D eigenvalue weighted by Gasteiger charge is 2.14. The number of benzene rings is 1. The first kappa shape index (κ1) is 9.38. The first-order valence-corrected chi connectivity index (χ1v) is 3.70. The molecular formula is C9H8NO3. The lowest BCUT2D eigenvalue weighted by atomic mass is 10.1. The van der Waals surface area contributed by atoms with Crippen molar-refractivity contribution in [3.8, 4) is 0 Å². The quantitative estimate of drug-likeness (QED) is 0.511. The number of nitro groups is 1. The number of hydrogen-bond acceptors (Lipinski definition) is 3. The molecule has 0 amide bonds. The summed E-state index contributed by atoms with van der Waals surface area (Å²) in [7, 11) is 0. The second-order valence-corrected chi connectivity index (χ2v) is 2.81. The first-order valence-electron chi connectivity index (χ1n) is 3.70. The van der Waals surface area contributed by atoms with E-state index in [2.05, 4.69) is 0 Å². The summed E-state index contributed by atoms with van der Waals surface area (Å²) in [5, 5.41) is 10.5. The molecule has 0 aliphatic carbocycles. The zero-order valence-corrected chi connectivity index (χ0v) is 7.33. The summed E-state index contributed by atoms with van der Waals surface area (Å²) >= 11 is 0. The number of nitrogens with zero attached hydrogens (tertiary/aromatic N) is 1. The largest absolute Gasteiger partial charge is 0.285 e. The minimum Gasteiger partial charge on any atom is -0.285 e. The van der Waals surface area contributed by atoms with Gasteiger partial charge in [0.2, 0.25) is 6.29 Å². The van der Waals surface area contributed by atoms with Gasteiger partial charge in [-0.05, 0) is 31.0 Å². The SMILES string of the molecule is Cc1cc([C]=O)c([N+](=O)[O-])cc1C. The molecule has 0 aromatic heterocycles. The van der Waals surface area contributed by atoms with Crippen LogP contribution in [0.3, 0.4) is 0 Å². The maximum absolute atomic E-state index is 10.5. The van der Waals surface area contributed by atoms with Crippen molar-refractivity contribution in [3.05, 3.63) is 38.9 Å². The fourth-order valence-corrected chi connectivity index (χ4v) is 1.03. The van der Waals surface area contributed by atoms with E-state index in [4.69, 9.17) is 0 Å². The van der Waals surface area contributed by atoms with Crippen LogP contribution in [0.15, 0.2) is 12.1 Å². The van der Waals surface area contributed by atoms with Gasteiger partial charge in [-0.3, -0.25) is 14.9 Å². The van der Waals surface area contributed by atoms with Crippen molar-refractivity contribution >= 4 is 12.0 Å². The van der Waals surface area contributed by atoms with E-state index in [1.165, 1.54) is 12.1 Å². The van der Waals surface area contributed by atoms with E-state index in [9.17, 15) is 14.9 Å². The summed E-state index contributed by atoms with van der Waals surface area (Å²) < 4.78 is 0. The minimum atomic E-state index is -0.577. The second kappa shape index (κ2) is 3.35. The molecule has 4 nitrogen and oxygen atoms in total. The summed E-state index contributed by atoms with van der Waals surface area (Å²) in [5.41, 5.74) is 1.47. The Bertz CT molecular complexity index is 371. The van der Waals surface area contributed by atoms with Gasteiger partial charge in [0.15, 0.2) is 0 Å². The Morgan fingerprint density at radius 3 is 2.31 bits per heavy atom. The zero-order valence-electron chi connectivity index (χ0n) is 7.33. The van der Waals surface area contributed by atoms with Crippen molar-refractivity contribution in [3.63, 3.8) is 0 Å². The summed E-state index contributed by atoms with van der Waals surface area (Å²) in [6.45, 7) is 3.55. The standard InChI is InChI=1S/C9H8NO3/c1-6-3-8(5-11)9(10(12)13)4-7(6)2/h3-4H,1-2H3. The van der Waals surface area contributed by atoms with E-state index in [1.807, 2.05) is 0 Å². The maximum atomic E-state index is 10.5. The Balaban J connectivity index is 3.41. The van der Waals surface area contributed by atoms with Crippen molar-refractivity contribution in [2.75, 3.05) is 0 Å². The fraction of sp³-hybridized carbons (Fsp3) is 0.222. The summed E-state index contributed by atoms with van der Waals surface area (Å²) in [6.07, 6.45) is 1.55. The molecule has 0 bridgehead atoms. The third-order valence-corrected chi connectivity index (χ3v) is 1.92. The molecule has 0 aliphatic rings. The van der Waals surface area contributed by atoms with Crippen LogP contribution in [0.5, 0.6) is 0 Å². The highest BCUT2D eigenvalue weighted by atomic mass is 16.6. The van der Waals surface area contributed by atoms with Crippen LogP contribution in [0, 0.1) is 24.0 Å². The minimum absolute atomic E-state index is 0.00750. The van der Waals surface area contributed by atoms with Crippen LogP contribution < -0.4 is 0 Å². The van der Waals surface area contributed by atoms with Gasteiger partial charge in [-0.25, -0.2) is 0 Å². The van der Waals surface area contributed by atoms with Crippen LogP contribution in [0.1, 0.15) is 16.7 Å². The van der Waals surface area contributed by atoms with Crippen molar-refractivity contribution in [2.24, 2.45) is 0 Å². The van der Waals surface area contributed by atoms with Crippen molar-refractivity contribution in [1.29, 1.82) is 0 Å². The number of hydrogen-bond donors (Lipinski definition) is 0. The van der Waals surface area contributed by atoms with Crippen molar-refractivity contribution in [1.82, 2.24) is 0 Å². The number of rotatable bonds is 2. The third kappa shape index (κ3) is 1.72. The number of nitro benzene ring substituents is 1. The Kier molecular flexibility index (Phi) is 2.41. The van der Waals surface area contributed by atoms with Crippen LogP contribution in [0.2, 0.25) is 0 Å². The van der Waals surface area contributed by atoms with Gasteiger partial charge in [0.25, 0.3) is 5.69 Å². The molecule has 0 fully saturated rings. The van der Waals surface area contributed by atoms with Gasteiger partial charge in [-0.1, -0.05) is 0 Å². The molecule has 1 radical (unpaired) electrons. The molecule has 67 valence electrons. The molecule has 0 spiro atoms. The molecule has 4 heteroatoms. The van der Waals surface area contributed by atoms with E-state index in [1.54, 1.807) is 20.1 Å². The van der Waals surface area contributed by atoms with Gasteiger partial charge >= 0.3 is 0 Å². The molecule has 1 rings (SSSR count). The van der Waals surface area contributed by atoms with Crippen LogP contribution in [0.4, 0.5) is 5.69 Å². The lowest BCUT2D eigenvalue weighted by Gasteiger charge is -2.00. The van der Waals surface area contributed by atoms with Crippen LogP contribution >= 0.6 is 0 Å². The molecule has 0 atom stereocenters. The Labute approximate surface area is 75.3 Å². The predicted octanol–water partition coefficient (Wildman–Crippen LogP) is 1.67. The van der Waals surface area contributed by atoms with Gasteiger partial charge in [0.1, 0.15) is 5.56 Å². The molecule has 0 saturated carbocycles. The Morgan fingerprint density at radius 1 is 1.31 bits per heavy atom. The van der Waals surface area contributed by atoms with Crippen LogP contribution in [-0.4, -0.2) is 11.2 Å². The lowest BCUT2D eigenvalue weighted by Crippen LogP contribution is -1.96. The predicted molar refractivity (Wildman–Crippen MR) is 47.4 cm³/mol. The lowest BCUT2D eigenvalue weighted by molar-refractivity contribution is -0.385. The zero-order chi connectivity index (χ0) is 10.0. The van der Waals surface area contributed by atoms with Crippen molar-refractivity contribution < 1.29 is 9.72 Å². The molecule has 0 N–H and O–H groups in total. The van der Waals surface area contributed by atoms with Gasteiger partial charge in [0, 0.05) is 6.07 Å². The number of aryl methyl sites for hydroxylation is 2.